The van der Waals surface area contributed by atoms with Crippen LogP contribution < -0.4 is 14.8 Å². The third kappa shape index (κ3) is 6.09. The topological polar surface area (TPSA) is 97.7 Å². The van der Waals surface area contributed by atoms with Gasteiger partial charge in [-0.3, -0.25) is 4.79 Å². The molecule has 31 heavy (non-hydrogen) atoms. The molecule has 0 saturated carbocycles. The van der Waals surface area contributed by atoms with Crippen LogP contribution in [-0.2, 0) is 14.3 Å². The number of nitrogens with zero attached hydrogens (tertiary/aromatic N) is 1. The Kier molecular flexibility index (Phi) is 7.28. The van der Waals surface area contributed by atoms with Crippen molar-refractivity contribution >= 4 is 18.0 Å². The Labute approximate surface area is 181 Å². The summed E-state index contributed by atoms with van der Waals surface area (Å²) in [7, 11) is 0. The number of hydrogen-bond acceptors (Lipinski definition) is 6. The van der Waals surface area contributed by atoms with Crippen molar-refractivity contribution in [3.8, 4) is 17.6 Å². The second-order valence-electron chi connectivity index (χ2n) is 7.37. The van der Waals surface area contributed by atoms with E-state index in [1.165, 1.54) is 6.08 Å². The smallest absolute Gasteiger partial charge is 0.349 e. The van der Waals surface area contributed by atoms with E-state index in [-0.39, 0.29) is 18.2 Å². The van der Waals surface area contributed by atoms with Gasteiger partial charge in [-0.05, 0) is 35.3 Å². The zero-order valence-corrected chi connectivity index (χ0v) is 17.5. The van der Waals surface area contributed by atoms with E-state index in [4.69, 9.17) is 14.2 Å². The quantitative estimate of drug-likeness (QED) is 0.420. The lowest BCUT2D eigenvalue weighted by Gasteiger charge is -2.26. The molecule has 160 valence electrons. The predicted molar refractivity (Wildman–Crippen MR) is 114 cm³/mol. The van der Waals surface area contributed by atoms with Crippen molar-refractivity contribution < 1.29 is 23.8 Å². The van der Waals surface area contributed by atoms with Crippen LogP contribution in [0.25, 0.3) is 6.08 Å². The highest BCUT2D eigenvalue weighted by atomic mass is 16.6. The molecule has 1 N–H and O–H groups in total. The van der Waals surface area contributed by atoms with E-state index in [2.05, 4.69) is 19.2 Å². The summed E-state index contributed by atoms with van der Waals surface area (Å²) >= 11 is 0. The minimum atomic E-state index is -0.850. The van der Waals surface area contributed by atoms with Gasteiger partial charge < -0.3 is 19.5 Å². The van der Waals surface area contributed by atoms with Crippen LogP contribution in [0, 0.1) is 11.3 Å². The number of rotatable bonds is 7. The molecular weight excluding hydrogens is 396 g/mol. The van der Waals surface area contributed by atoms with Crippen molar-refractivity contribution in [1.29, 1.82) is 5.26 Å². The SMILES string of the molecule is CC(C)c1ccc(/C=C(\C#N)C(=O)OCC(=O)NC[C@H]2COc3ccccc3O2)cc1. The van der Waals surface area contributed by atoms with E-state index < -0.39 is 18.5 Å². The van der Waals surface area contributed by atoms with Gasteiger partial charge in [-0.25, -0.2) is 4.79 Å². The Morgan fingerprint density at radius 2 is 1.90 bits per heavy atom. The normalized spacial score (nSPS) is 15.2. The number of hydrogen-bond donors (Lipinski definition) is 1. The molecule has 7 heteroatoms. The largest absolute Gasteiger partial charge is 0.486 e. The molecule has 0 saturated heterocycles. The van der Waals surface area contributed by atoms with E-state index in [0.29, 0.717) is 29.6 Å². The lowest BCUT2D eigenvalue weighted by atomic mass is 10.0. The number of fused-ring (bicyclic) bond motifs is 1. The maximum atomic E-state index is 12.2. The van der Waals surface area contributed by atoms with E-state index in [1.807, 2.05) is 48.5 Å². The molecule has 0 spiro atoms. The molecule has 0 aromatic heterocycles. The van der Waals surface area contributed by atoms with Crippen LogP contribution in [0.15, 0.2) is 54.1 Å². The van der Waals surface area contributed by atoms with Gasteiger partial charge in [-0.1, -0.05) is 50.2 Å². The van der Waals surface area contributed by atoms with E-state index in [1.54, 1.807) is 6.07 Å². The molecule has 0 fully saturated rings. The molecule has 7 nitrogen and oxygen atoms in total. The number of esters is 1. The number of benzene rings is 2. The summed E-state index contributed by atoms with van der Waals surface area (Å²) < 4.78 is 16.3. The highest BCUT2D eigenvalue weighted by molar-refractivity contribution is 5.98. The van der Waals surface area contributed by atoms with Gasteiger partial charge in [0, 0.05) is 0 Å². The summed E-state index contributed by atoms with van der Waals surface area (Å²) in [6.45, 7) is 4.18. The first kappa shape index (κ1) is 21.9. The zero-order valence-electron chi connectivity index (χ0n) is 17.5. The maximum absolute atomic E-state index is 12.2. The third-order valence-electron chi connectivity index (χ3n) is 4.68. The van der Waals surface area contributed by atoms with Gasteiger partial charge in [0.05, 0.1) is 6.54 Å². The number of nitrogens with one attached hydrogen (secondary N) is 1. The minimum absolute atomic E-state index is 0.175. The fraction of sp³-hybridized carbons (Fsp3) is 0.292. The van der Waals surface area contributed by atoms with Crippen LogP contribution in [0.4, 0.5) is 0 Å². The van der Waals surface area contributed by atoms with Gasteiger partial charge in [0.1, 0.15) is 24.4 Å². The molecule has 1 atom stereocenters. The van der Waals surface area contributed by atoms with Gasteiger partial charge in [-0.15, -0.1) is 0 Å². The Hall–Kier alpha value is -3.79. The second-order valence-corrected chi connectivity index (χ2v) is 7.37. The van der Waals surface area contributed by atoms with E-state index in [9.17, 15) is 14.9 Å². The van der Waals surface area contributed by atoms with Gasteiger partial charge in [-0.2, -0.15) is 5.26 Å². The molecule has 1 amide bonds. The summed E-state index contributed by atoms with van der Waals surface area (Å²) in [6, 6.07) is 16.7. The molecule has 1 aliphatic rings. The average Bonchev–Trinajstić information content (AvgIpc) is 2.79. The highest BCUT2D eigenvalue weighted by Crippen LogP contribution is 2.30. The minimum Gasteiger partial charge on any atom is -0.486 e. The summed E-state index contributed by atoms with van der Waals surface area (Å²) in [5, 5.41) is 11.9. The molecule has 0 bridgehead atoms. The Balaban J connectivity index is 1.46. The van der Waals surface area contributed by atoms with Gasteiger partial charge in [0.25, 0.3) is 5.91 Å². The predicted octanol–water partition coefficient (Wildman–Crippen LogP) is 3.22. The molecule has 1 aliphatic heterocycles. The van der Waals surface area contributed by atoms with Crippen LogP contribution in [0.2, 0.25) is 0 Å². The monoisotopic (exact) mass is 420 g/mol. The van der Waals surface area contributed by atoms with Crippen molar-refractivity contribution in [1.82, 2.24) is 5.32 Å². The summed E-state index contributed by atoms with van der Waals surface area (Å²) in [5.41, 5.74) is 1.69. The molecule has 0 aliphatic carbocycles. The number of amides is 1. The van der Waals surface area contributed by atoms with Gasteiger partial charge >= 0.3 is 5.97 Å². The molecule has 3 rings (SSSR count). The molecule has 0 radical (unpaired) electrons. The molecule has 0 unspecified atom stereocenters. The van der Waals surface area contributed by atoms with Crippen LogP contribution in [-0.4, -0.2) is 37.7 Å². The first-order valence-corrected chi connectivity index (χ1v) is 10.0. The molecule has 1 heterocycles. The first-order chi connectivity index (χ1) is 15.0. The van der Waals surface area contributed by atoms with E-state index >= 15 is 0 Å². The van der Waals surface area contributed by atoms with E-state index in [0.717, 1.165) is 5.56 Å². The van der Waals surface area contributed by atoms with Crippen LogP contribution >= 0.6 is 0 Å². The fourth-order valence-corrected chi connectivity index (χ4v) is 2.93. The Morgan fingerprint density at radius 3 is 2.58 bits per heavy atom. The Bertz CT molecular complexity index is 1010. The molecular formula is C24H24N2O5. The molecule has 2 aromatic carbocycles. The summed E-state index contributed by atoms with van der Waals surface area (Å²) in [6.07, 6.45) is 1.09. The van der Waals surface area contributed by atoms with Crippen molar-refractivity contribution in [2.75, 3.05) is 19.8 Å². The third-order valence-corrected chi connectivity index (χ3v) is 4.68. The fourth-order valence-electron chi connectivity index (χ4n) is 2.93. The lowest BCUT2D eigenvalue weighted by molar-refractivity contribution is -0.144. The van der Waals surface area contributed by atoms with Crippen molar-refractivity contribution in [3.63, 3.8) is 0 Å². The number of nitriles is 1. The standard InChI is InChI=1S/C24H24N2O5/c1-16(2)18-9-7-17(8-10-18)11-19(12-25)24(28)30-15-23(27)26-13-20-14-29-21-5-3-4-6-22(21)31-20/h3-11,16,20H,13-15H2,1-2H3,(H,26,27)/b19-11+/t20-/m0/s1. The number of para-hydroxylation sites is 2. The van der Waals surface area contributed by atoms with Crippen LogP contribution in [0.3, 0.4) is 0 Å². The van der Waals surface area contributed by atoms with Crippen LogP contribution in [0.5, 0.6) is 11.5 Å². The lowest BCUT2D eigenvalue weighted by Crippen LogP contribution is -2.42. The van der Waals surface area contributed by atoms with Crippen molar-refractivity contribution in [3.05, 3.63) is 65.2 Å². The first-order valence-electron chi connectivity index (χ1n) is 10.0. The van der Waals surface area contributed by atoms with Gasteiger partial charge in [0.2, 0.25) is 0 Å². The second kappa shape index (κ2) is 10.3. The zero-order chi connectivity index (χ0) is 22.2. The number of carbonyl (C=O) groups is 2. The highest BCUT2D eigenvalue weighted by Gasteiger charge is 2.21. The van der Waals surface area contributed by atoms with Gasteiger partial charge in [0.15, 0.2) is 18.1 Å². The number of carbonyl (C=O) groups excluding carboxylic acids is 2. The maximum Gasteiger partial charge on any atom is 0.349 e. The molecule has 2 aromatic rings. The average molecular weight is 420 g/mol. The summed E-state index contributed by atoms with van der Waals surface area (Å²) in [4.78, 5) is 24.2. The van der Waals surface area contributed by atoms with Crippen molar-refractivity contribution in [2.24, 2.45) is 0 Å². The van der Waals surface area contributed by atoms with Crippen LogP contribution in [0.1, 0.15) is 30.9 Å². The number of ether oxygens (including phenoxy) is 3. The Morgan fingerprint density at radius 1 is 1.19 bits per heavy atom. The summed E-state index contributed by atoms with van der Waals surface area (Å²) in [5.74, 6) is 0.321. The van der Waals surface area contributed by atoms with Crippen molar-refractivity contribution in [2.45, 2.75) is 25.9 Å².